The molecule has 0 aromatic heterocycles. The first-order valence-electron chi connectivity index (χ1n) is 7.32. The van der Waals surface area contributed by atoms with E-state index in [0.717, 1.165) is 31.5 Å². The van der Waals surface area contributed by atoms with E-state index < -0.39 is 0 Å². The van der Waals surface area contributed by atoms with E-state index in [2.05, 4.69) is 23.2 Å². The van der Waals surface area contributed by atoms with Crippen molar-refractivity contribution < 1.29 is 9.90 Å². The molecule has 4 heteroatoms. The highest BCUT2D eigenvalue weighted by Crippen LogP contribution is 2.13. The summed E-state index contributed by atoms with van der Waals surface area (Å²) in [5, 5.41) is 12.5. The van der Waals surface area contributed by atoms with Crippen molar-refractivity contribution >= 4 is 5.91 Å². The number of carbonyl (C=O) groups is 1. The van der Waals surface area contributed by atoms with E-state index in [9.17, 15) is 9.90 Å². The van der Waals surface area contributed by atoms with Gasteiger partial charge in [0.15, 0.2) is 0 Å². The zero-order valence-electron chi connectivity index (χ0n) is 12.3. The molecule has 4 nitrogen and oxygen atoms in total. The van der Waals surface area contributed by atoms with Crippen molar-refractivity contribution in [3.8, 4) is 0 Å². The van der Waals surface area contributed by atoms with Crippen LogP contribution in [-0.2, 0) is 11.3 Å². The molecule has 1 saturated heterocycles. The van der Waals surface area contributed by atoms with E-state index in [0.29, 0.717) is 6.54 Å². The average Bonchev–Trinajstić information content (AvgIpc) is 2.46. The Morgan fingerprint density at radius 1 is 1.40 bits per heavy atom. The molecule has 0 aliphatic carbocycles. The second-order valence-corrected chi connectivity index (χ2v) is 5.59. The maximum Gasteiger partial charge on any atom is 0.237 e. The van der Waals surface area contributed by atoms with E-state index in [1.807, 2.05) is 25.1 Å². The molecular weight excluding hydrogens is 252 g/mol. The predicted octanol–water partition coefficient (Wildman–Crippen LogP) is 1.46. The van der Waals surface area contributed by atoms with E-state index in [1.165, 1.54) is 5.56 Å². The van der Waals surface area contributed by atoms with Crippen molar-refractivity contribution in [1.82, 2.24) is 10.2 Å². The van der Waals surface area contributed by atoms with Crippen molar-refractivity contribution in [2.75, 3.05) is 13.1 Å². The summed E-state index contributed by atoms with van der Waals surface area (Å²) in [6.45, 7) is 6.15. The van der Waals surface area contributed by atoms with E-state index >= 15 is 0 Å². The highest BCUT2D eigenvalue weighted by Gasteiger charge is 2.25. The van der Waals surface area contributed by atoms with Crippen LogP contribution in [0.5, 0.6) is 0 Å². The Bertz CT molecular complexity index is 454. The van der Waals surface area contributed by atoms with Gasteiger partial charge in [0.2, 0.25) is 5.91 Å². The molecule has 2 rings (SSSR count). The first-order valence-corrected chi connectivity index (χ1v) is 7.32. The van der Waals surface area contributed by atoms with Crippen molar-refractivity contribution in [1.29, 1.82) is 0 Å². The summed E-state index contributed by atoms with van der Waals surface area (Å²) < 4.78 is 0. The molecule has 0 saturated carbocycles. The van der Waals surface area contributed by atoms with Crippen LogP contribution >= 0.6 is 0 Å². The third kappa shape index (κ3) is 3.81. The van der Waals surface area contributed by atoms with Crippen LogP contribution in [0.4, 0.5) is 0 Å². The molecule has 1 aliphatic heterocycles. The molecule has 1 aliphatic rings. The van der Waals surface area contributed by atoms with Gasteiger partial charge in [-0.15, -0.1) is 0 Å². The number of hydrogen-bond donors (Lipinski definition) is 2. The number of piperidine rings is 1. The number of aliphatic hydroxyl groups excluding tert-OH is 1. The molecule has 20 heavy (non-hydrogen) atoms. The van der Waals surface area contributed by atoms with Gasteiger partial charge in [-0.1, -0.05) is 24.3 Å². The first-order chi connectivity index (χ1) is 9.58. The lowest BCUT2D eigenvalue weighted by Crippen LogP contribution is -2.48. The second-order valence-electron chi connectivity index (χ2n) is 5.59. The largest absolute Gasteiger partial charge is 0.393 e. The molecule has 0 bridgehead atoms. The monoisotopic (exact) mass is 276 g/mol. The average molecular weight is 276 g/mol. The molecule has 1 unspecified atom stereocenters. The van der Waals surface area contributed by atoms with Gasteiger partial charge in [0, 0.05) is 19.6 Å². The van der Waals surface area contributed by atoms with Gasteiger partial charge in [0.05, 0.1) is 12.1 Å². The van der Waals surface area contributed by atoms with Gasteiger partial charge in [0.1, 0.15) is 0 Å². The van der Waals surface area contributed by atoms with Crippen LogP contribution in [0.15, 0.2) is 24.3 Å². The molecule has 1 aromatic carbocycles. The number of aryl methyl sites for hydroxylation is 1. The third-order valence-electron chi connectivity index (χ3n) is 4.14. The summed E-state index contributed by atoms with van der Waals surface area (Å²) in [7, 11) is 0. The van der Waals surface area contributed by atoms with E-state index in [1.54, 1.807) is 0 Å². The minimum Gasteiger partial charge on any atom is -0.393 e. The number of carbonyl (C=O) groups excluding carboxylic acids is 1. The maximum absolute atomic E-state index is 12.2. The first kappa shape index (κ1) is 15.0. The normalized spacial score (nSPS) is 18.8. The zero-order chi connectivity index (χ0) is 14.5. The molecule has 1 atom stereocenters. The van der Waals surface area contributed by atoms with Gasteiger partial charge >= 0.3 is 0 Å². The SMILES string of the molecule is Cc1ccccc1CNC(=O)C(C)N1CCC(O)CC1. The van der Waals surface area contributed by atoms with Crippen molar-refractivity contribution in [3.63, 3.8) is 0 Å². The molecule has 2 N–H and O–H groups in total. The zero-order valence-corrected chi connectivity index (χ0v) is 12.3. The van der Waals surface area contributed by atoms with Crippen molar-refractivity contribution in [3.05, 3.63) is 35.4 Å². The number of aliphatic hydroxyl groups is 1. The highest BCUT2D eigenvalue weighted by atomic mass is 16.3. The maximum atomic E-state index is 12.2. The summed E-state index contributed by atoms with van der Waals surface area (Å²) in [6, 6.07) is 7.95. The van der Waals surface area contributed by atoms with Gasteiger partial charge in [-0.05, 0) is 37.8 Å². The topological polar surface area (TPSA) is 52.6 Å². The fraction of sp³-hybridized carbons (Fsp3) is 0.562. The molecule has 0 radical (unpaired) electrons. The number of likely N-dealkylation sites (tertiary alicyclic amines) is 1. The molecule has 1 aromatic rings. The van der Waals surface area contributed by atoms with Gasteiger partial charge < -0.3 is 10.4 Å². The van der Waals surface area contributed by atoms with Crippen LogP contribution in [0.3, 0.4) is 0 Å². The number of rotatable bonds is 4. The minimum atomic E-state index is -0.200. The minimum absolute atomic E-state index is 0.0599. The Kier molecular flexibility index (Phi) is 5.15. The Morgan fingerprint density at radius 2 is 2.05 bits per heavy atom. The Balaban J connectivity index is 1.84. The molecular formula is C16H24N2O2. The molecule has 110 valence electrons. The van der Waals surface area contributed by atoms with E-state index in [-0.39, 0.29) is 18.1 Å². The van der Waals surface area contributed by atoms with Crippen LogP contribution in [0.2, 0.25) is 0 Å². The van der Waals surface area contributed by atoms with Crippen LogP contribution in [-0.4, -0.2) is 41.1 Å². The summed E-state index contributed by atoms with van der Waals surface area (Å²) in [4.78, 5) is 14.3. The highest BCUT2D eigenvalue weighted by molar-refractivity contribution is 5.81. The van der Waals surface area contributed by atoms with E-state index in [4.69, 9.17) is 0 Å². The number of hydrogen-bond acceptors (Lipinski definition) is 3. The van der Waals surface area contributed by atoms with Crippen molar-refractivity contribution in [2.24, 2.45) is 0 Å². The summed E-state index contributed by atoms with van der Waals surface area (Å²) >= 11 is 0. The third-order valence-corrected chi connectivity index (χ3v) is 4.14. The lowest BCUT2D eigenvalue weighted by molar-refractivity contribution is -0.126. The van der Waals surface area contributed by atoms with Crippen LogP contribution in [0.1, 0.15) is 30.9 Å². The number of amides is 1. The Hall–Kier alpha value is -1.39. The second kappa shape index (κ2) is 6.86. The lowest BCUT2D eigenvalue weighted by atomic mass is 10.1. The standard InChI is InChI=1S/C16H24N2O2/c1-12-5-3-4-6-14(12)11-17-16(20)13(2)18-9-7-15(19)8-10-18/h3-6,13,15,19H,7-11H2,1-2H3,(H,17,20). The van der Waals surface area contributed by atoms with Crippen LogP contribution < -0.4 is 5.32 Å². The van der Waals surface area contributed by atoms with Crippen molar-refractivity contribution in [2.45, 2.75) is 45.4 Å². The van der Waals surface area contributed by atoms with Gasteiger partial charge in [-0.2, -0.15) is 0 Å². The Morgan fingerprint density at radius 3 is 2.70 bits per heavy atom. The quantitative estimate of drug-likeness (QED) is 0.875. The molecule has 1 heterocycles. The van der Waals surface area contributed by atoms with Crippen LogP contribution in [0, 0.1) is 6.92 Å². The van der Waals surface area contributed by atoms with Gasteiger partial charge in [0.25, 0.3) is 0 Å². The molecule has 0 spiro atoms. The summed E-state index contributed by atoms with van der Waals surface area (Å²) in [6.07, 6.45) is 1.32. The number of nitrogens with zero attached hydrogens (tertiary/aromatic N) is 1. The summed E-state index contributed by atoms with van der Waals surface area (Å²) in [5.41, 5.74) is 2.35. The number of benzene rings is 1. The predicted molar refractivity (Wildman–Crippen MR) is 79.3 cm³/mol. The lowest BCUT2D eigenvalue weighted by Gasteiger charge is -2.33. The fourth-order valence-corrected chi connectivity index (χ4v) is 2.58. The van der Waals surface area contributed by atoms with Gasteiger partial charge in [-0.3, -0.25) is 9.69 Å². The van der Waals surface area contributed by atoms with Crippen LogP contribution in [0.25, 0.3) is 0 Å². The molecule has 1 fully saturated rings. The summed E-state index contributed by atoms with van der Waals surface area (Å²) in [5.74, 6) is 0.0599. The smallest absolute Gasteiger partial charge is 0.237 e. The Labute approximate surface area is 120 Å². The molecule has 1 amide bonds. The number of nitrogens with one attached hydrogen (secondary N) is 1. The fourth-order valence-electron chi connectivity index (χ4n) is 2.58. The van der Waals surface area contributed by atoms with Gasteiger partial charge in [-0.25, -0.2) is 0 Å².